The van der Waals surface area contributed by atoms with Crippen molar-refractivity contribution in [2.45, 2.75) is 37.8 Å². The molecule has 0 radical (unpaired) electrons. The maximum Gasteiger partial charge on any atom is 0.123 e. The lowest BCUT2D eigenvalue weighted by Crippen LogP contribution is -2.28. The summed E-state index contributed by atoms with van der Waals surface area (Å²) in [5, 5.41) is 0. The Kier molecular flexibility index (Phi) is 3.74. The van der Waals surface area contributed by atoms with Crippen molar-refractivity contribution in [1.29, 1.82) is 0 Å². The molecule has 1 aliphatic rings. The van der Waals surface area contributed by atoms with Gasteiger partial charge in [0.05, 0.1) is 6.10 Å². The van der Waals surface area contributed by atoms with Crippen LogP contribution < -0.4 is 11.5 Å². The molecule has 2 atom stereocenters. The first-order chi connectivity index (χ1) is 7.74. The van der Waals surface area contributed by atoms with Crippen LogP contribution in [-0.4, -0.2) is 23.7 Å². The van der Waals surface area contributed by atoms with Crippen molar-refractivity contribution in [3.05, 3.63) is 23.9 Å². The van der Waals surface area contributed by atoms with Gasteiger partial charge in [-0.2, -0.15) is 0 Å². The zero-order valence-electron chi connectivity index (χ0n) is 9.43. The van der Waals surface area contributed by atoms with Gasteiger partial charge < -0.3 is 16.2 Å². The summed E-state index contributed by atoms with van der Waals surface area (Å²) in [6, 6.07) is 3.99. The van der Waals surface area contributed by atoms with Crippen molar-refractivity contribution in [3.63, 3.8) is 0 Å². The van der Waals surface area contributed by atoms with Crippen LogP contribution in [0.1, 0.15) is 24.8 Å². The van der Waals surface area contributed by atoms with Crippen LogP contribution in [0.25, 0.3) is 0 Å². The van der Waals surface area contributed by atoms with Gasteiger partial charge in [-0.3, -0.25) is 0 Å². The van der Waals surface area contributed by atoms with E-state index in [4.69, 9.17) is 16.2 Å². The molecule has 1 aromatic rings. The Morgan fingerprint density at radius 1 is 1.56 bits per heavy atom. The molecular weight excluding hydrogens is 202 g/mol. The SMILES string of the molecule is Nc1cc(CC(N)CC2CCCO2)ccn1. The van der Waals surface area contributed by atoms with Gasteiger partial charge in [-0.05, 0) is 43.4 Å². The summed E-state index contributed by atoms with van der Waals surface area (Å²) in [4.78, 5) is 3.96. The first-order valence-corrected chi connectivity index (χ1v) is 5.81. The topological polar surface area (TPSA) is 74.2 Å². The number of nitrogens with two attached hydrogens (primary N) is 2. The summed E-state index contributed by atoms with van der Waals surface area (Å²) in [7, 11) is 0. The van der Waals surface area contributed by atoms with Gasteiger partial charge in [-0.1, -0.05) is 0 Å². The highest BCUT2D eigenvalue weighted by molar-refractivity contribution is 5.32. The van der Waals surface area contributed by atoms with E-state index in [9.17, 15) is 0 Å². The Hall–Kier alpha value is -1.13. The van der Waals surface area contributed by atoms with Crippen molar-refractivity contribution in [1.82, 2.24) is 4.98 Å². The summed E-state index contributed by atoms with van der Waals surface area (Å²) in [5.74, 6) is 0.557. The van der Waals surface area contributed by atoms with Crippen LogP contribution in [0.3, 0.4) is 0 Å². The standard InChI is InChI=1S/C12H19N3O/c13-10(8-11-2-1-5-16-11)6-9-3-4-15-12(14)7-9/h3-4,7,10-11H,1-2,5-6,8,13H2,(H2,14,15). The Balaban J connectivity index is 1.84. The lowest BCUT2D eigenvalue weighted by molar-refractivity contribution is 0.0983. The summed E-state index contributed by atoms with van der Waals surface area (Å²) in [5.41, 5.74) is 12.9. The van der Waals surface area contributed by atoms with Crippen molar-refractivity contribution in [2.75, 3.05) is 12.3 Å². The molecule has 4 N–H and O–H groups in total. The lowest BCUT2D eigenvalue weighted by atomic mass is 10.0. The number of anilines is 1. The van der Waals surface area contributed by atoms with Crippen LogP contribution >= 0.6 is 0 Å². The fourth-order valence-electron chi connectivity index (χ4n) is 2.18. The average molecular weight is 221 g/mol. The Morgan fingerprint density at radius 2 is 2.44 bits per heavy atom. The van der Waals surface area contributed by atoms with E-state index in [0.717, 1.165) is 31.4 Å². The minimum atomic E-state index is 0.143. The largest absolute Gasteiger partial charge is 0.384 e. The number of nitrogens with zero attached hydrogens (tertiary/aromatic N) is 1. The predicted octanol–water partition coefficient (Wildman–Crippen LogP) is 1.10. The van der Waals surface area contributed by atoms with Gasteiger partial charge in [0.1, 0.15) is 5.82 Å². The van der Waals surface area contributed by atoms with Crippen LogP contribution in [0.2, 0.25) is 0 Å². The molecule has 1 saturated heterocycles. The highest BCUT2D eigenvalue weighted by atomic mass is 16.5. The number of pyridine rings is 1. The zero-order chi connectivity index (χ0) is 11.4. The number of hydrogen-bond donors (Lipinski definition) is 2. The van der Waals surface area contributed by atoms with E-state index in [0.29, 0.717) is 11.9 Å². The quantitative estimate of drug-likeness (QED) is 0.798. The molecular formula is C12H19N3O. The van der Waals surface area contributed by atoms with E-state index in [1.165, 1.54) is 6.42 Å². The maximum absolute atomic E-state index is 6.09. The van der Waals surface area contributed by atoms with E-state index in [-0.39, 0.29) is 6.04 Å². The highest BCUT2D eigenvalue weighted by Gasteiger charge is 2.18. The second-order valence-electron chi connectivity index (χ2n) is 4.42. The molecule has 0 spiro atoms. The zero-order valence-corrected chi connectivity index (χ0v) is 9.43. The van der Waals surface area contributed by atoms with Crippen LogP contribution in [0.5, 0.6) is 0 Å². The third-order valence-electron chi connectivity index (χ3n) is 2.93. The summed E-state index contributed by atoms with van der Waals surface area (Å²) < 4.78 is 5.57. The number of rotatable bonds is 4. The van der Waals surface area contributed by atoms with Gasteiger partial charge in [0.15, 0.2) is 0 Å². The molecule has 0 aliphatic carbocycles. The van der Waals surface area contributed by atoms with E-state index >= 15 is 0 Å². The molecule has 0 saturated carbocycles. The summed E-state index contributed by atoms with van der Waals surface area (Å²) >= 11 is 0. The molecule has 16 heavy (non-hydrogen) atoms. The Bertz CT molecular complexity index is 337. The van der Waals surface area contributed by atoms with Crippen molar-refractivity contribution < 1.29 is 4.74 Å². The van der Waals surface area contributed by atoms with Crippen LogP contribution in [0.15, 0.2) is 18.3 Å². The molecule has 2 unspecified atom stereocenters. The first-order valence-electron chi connectivity index (χ1n) is 5.81. The predicted molar refractivity (Wildman–Crippen MR) is 63.9 cm³/mol. The molecule has 4 heteroatoms. The molecule has 1 aliphatic heterocycles. The van der Waals surface area contributed by atoms with Gasteiger partial charge in [-0.25, -0.2) is 4.98 Å². The van der Waals surface area contributed by atoms with E-state index < -0.39 is 0 Å². The minimum absolute atomic E-state index is 0.143. The van der Waals surface area contributed by atoms with Gasteiger partial charge in [-0.15, -0.1) is 0 Å². The van der Waals surface area contributed by atoms with Crippen LogP contribution in [-0.2, 0) is 11.2 Å². The molecule has 0 bridgehead atoms. The fourth-order valence-corrected chi connectivity index (χ4v) is 2.18. The van der Waals surface area contributed by atoms with Gasteiger partial charge in [0.25, 0.3) is 0 Å². The lowest BCUT2D eigenvalue weighted by Gasteiger charge is -2.16. The number of nitrogen functional groups attached to an aromatic ring is 1. The smallest absolute Gasteiger partial charge is 0.123 e. The second kappa shape index (κ2) is 5.27. The molecule has 88 valence electrons. The number of aromatic nitrogens is 1. The summed E-state index contributed by atoms with van der Waals surface area (Å²) in [6.45, 7) is 0.888. The molecule has 0 amide bonds. The molecule has 2 rings (SSSR count). The Morgan fingerprint density at radius 3 is 3.12 bits per heavy atom. The normalized spacial score (nSPS) is 22.2. The van der Waals surface area contributed by atoms with Gasteiger partial charge in [0.2, 0.25) is 0 Å². The van der Waals surface area contributed by atoms with E-state index in [1.54, 1.807) is 6.20 Å². The fraction of sp³-hybridized carbons (Fsp3) is 0.583. The third-order valence-corrected chi connectivity index (χ3v) is 2.93. The van der Waals surface area contributed by atoms with E-state index in [2.05, 4.69) is 4.98 Å². The van der Waals surface area contributed by atoms with Crippen LogP contribution in [0, 0.1) is 0 Å². The average Bonchev–Trinajstić information content (AvgIpc) is 2.70. The van der Waals surface area contributed by atoms with Crippen molar-refractivity contribution in [2.24, 2.45) is 5.73 Å². The maximum atomic E-state index is 6.09. The molecule has 0 aromatic carbocycles. The first kappa shape index (κ1) is 11.4. The molecule has 2 heterocycles. The molecule has 1 aromatic heterocycles. The number of ether oxygens (including phenoxy) is 1. The van der Waals surface area contributed by atoms with E-state index in [1.807, 2.05) is 12.1 Å². The van der Waals surface area contributed by atoms with Crippen molar-refractivity contribution >= 4 is 5.82 Å². The van der Waals surface area contributed by atoms with Crippen LogP contribution in [0.4, 0.5) is 5.82 Å². The Labute approximate surface area is 96.0 Å². The summed E-state index contributed by atoms with van der Waals surface area (Å²) in [6.07, 6.45) is 6.17. The molecule has 4 nitrogen and oxygen atoms in total. The van der Waals surface area contributed by atoms with Gasteiger partial charge in [0, 0.05) is 18.8 Å². The molecule has 1 fully saturated rings. The second-order valence-corrected chi connectivity index (χ2v) is 4.42. The number of hydrogen-bond acceptors (Lipinski definition) is 4. The third kappa shape index (κ3) is 3.18. The minimum Gasteiger partial charge on any atom is -0.384 e. The monoisotopic (exact) mass is 221 g/mol. The van der Waals surface area contributed by atoms with Crippen molar-refractivity contribution in [3.8, 4) is 0 Å². The van der Waals surface area contributed by atoms with Gasteiger partial charge >= 0.3 is 0 Å². The highest BCUT2D eigenvalue weighted by Crippen LogP contribution is 2.18.